The quantitative estimate of drug-likeness (QED) is 0.743. The van der Waals surface area contributed by atoms with Crippen LogP contribution in [-0.2, 0) is 10.3 Å². The number of rotatable bonds is 3. The van der Waals surface area contributed by atoms with E-state index in [0.717, 1.165) is 0 Å². The molecule has 0 unspecified atom stereocenters. The average Bonchev–Trinajstić information content (AvgIpc) is 2.02. The molecule has 0 bridgehead atoms. The van der Waals surface area contributed by atoms with E-state index in [0.29, 0.717) is 4.31 Å². The van der Waals surface area contributed by atoms with Gasteiger partial charge in [-0.2, -0.15) is 8.42 Å². The van der Waals surface area contributed by atoms with Crippen LogP contribution in [0.1, 0.15) is 6.92 Å². The van der Waals surface area contributed by atoms with Crippen LogP contribution in [-0.4, -0.2) is 18.1 Å². The minimum Gasteiger partial charge on any atom is -0.366 e. The minimum absolute atomic E-state index is 0.176. The molecule has 14 heavy (non-hydrogen) atoms. The maximum Gasteiger partial charge on any atom is 0.362 e. The fraction of sp³-hybridized carbons (Fsp3) is 0.125. The molecule has 77 valence electrons. The molecule has 0 atom stereocenters. The topological polar surface area (TPSA) is 77.8 Å². The molecule has 0 spiro atoms. The van der Waals surface area contributed by atoms with Gasteiger partial charge in [0.25, 0.3) is 0 Å². The van der Waals surface area contributed by atoms with Gasteiger partial charge in [-0.3, -0.25) is 4.55 Å². The average molecular weight is 216 g/mol. The normalized spacial score (nSPS) is 11.7. The van der Waals surface area contributed by atoms with Crippen molar-refractivity contribution in [1.82, 2.24) is 0 Å². The first kappa shape index (κ1) is 11.0. The fourth-order valence-corrected chi connectivity index (χ4v) is 1.77. The van der Waals surface area contributed by atoms with Gasteiger partial charge in [0.2, 0.25) is 0 Å². The molecule has 0 amide bonds. The summed E-state index contributed by atoms with van der Waals surface area (Å²) >= 11 is 0. The van der Waals surface area contributed by atoms with E-state index >= 15 is 0 Å². The monoisotopic (exact) mass is 216 g/mol. The lowest BCUT2D eigenvalue weighted by atomic mass is 10.3. The number of aliphatic hydroxyl groups is 1. The Morgan fingerprint density at radius 1 is 1.29 bits per heavy atom. The Morgan fingerprint density at radius 3 is 2.14 bits per heavy atom. The zero-order valence-corrected chi connectivity index (χ0v) is 8.27. The highest BCUT2D eigenvalue weighted by molar-refractivity contribution is 7.87. The second-order valence-electron chi connectivity index (χ2n) is 2.62. The SMILES string of the molecule is C[C](O)N(c1ccccc1)S(=O)(=O)O. The molecular weight excluding hydrogens is 206 g/mol. The number of benzene rings is 1. The lowest BCUT2D eigenvalue weighted by Crippen LogP contribution is -2.32. The van der Waals surface area contributed by atoms with Gasteiger partial charge < -0.3 is 5.11 Å². The summed E-state index contributed by atoms with van der Waals surface area (Å²) in [6, 6.07) is 7.78. The predicted octanol–water partition coefficient (Wildman–Crippen LogP) is 1.18. The second-order valence-corrected chi connectivity index (χ2v) is 3.89. The molecule has 2 N–H and O–H groups in total. The Labute approximate surface area is 82.5 Å². The summed E-state index contributed by atoms with van der Waals surface area (Å²) in [5.41, 5.74) is 0.176. The van der Waals surface area contributed by atoms with E-state index < -0.39 is 16.5 Å². The third-order valence-electron chi connectivity index (χ3n) is 1.52. The number of nitrogens with zero attached hydrogens (tertiary/aromatic N) is 1. The Bertz CT molecular complexity index is 387. The first-order valence-electron chi connectivity index (χ1n) is 3.78. The van der Waals surface area contributed by atoms with Gasteiger partial charge >= 0.3 is 10.3 Å². The molecule has 1 aromatic rings. The van der Waals surface area contributed by atoms with Crippen LogP contribution in [0.5, 0.6) is 0 Å². The van der Waals surface area contributed by atoms with Crippen LogP contribution in [0.4, 0.5) is 5.69 Å². The molecule has 0 aliphatic carbocycles. The molecule has 0 heterocycles. The highest BCUT2D eigenvalue weighted by Gasteiger charge is 2.24. The third-order valence-corrected chi connectivity index (χ3v) is 2.45. The predicted molar refractivity (Wildman–Crippen MR) is 51.3 cm³/mol. The molecule has 6 heteroatoms. The van der Waals surface area contributed by atoms with E-state index in [4.69, 9.17) is 9.66 Å². The zero-order valence-electron chi connectivity index (χ0n) is 7.45. The molecule has 0 saturated heterocycles. The van der Waals surface area contributed by atoms with Crippen LogP contribution in [0.15, 0.2) is 30.3 Å². The molecule has 0 fully saturated rings. The summed E-state index contributed by atoms with van der Waals surface area (Å²) in [6.07, 6.45) is -0.515. The molecule has 0 aliphatic rings. The lowest BCUT2D eigenvalue weighted by molar-refractivity contribution is 0.310. The first-order valence-corrected chi connectivity index (χ1v) is 5.18. The van der Waals surface area contributed by atoms with Crippen molar-refractivity contribution in [3.63, 3.8) is 0 Å². The highest BCUT2D eigenvalue weighted by Crippen LogP contribution is 2.21. The van der Waals surface area contributed by atoms with Gasteiger partial charge in [0.15, 0.2) is 6.23 Å². The van der Waals surface area contributed by atoms with Crippen LogP contribution in [0.2, 0.25) is 0 Å². The van der Waals surface area contributed by atoms with Gasteiger partial charge in [-0.25, -0.2) is 4.31 Å². The molecule has 0 aliphatic heterocycles. The maximum atomic E-state index is 10.9. The molecule has 0 aromatic heterocycles. The zero-order chi connectivity index (χ0) is 10.8. The van der Waals surface area contributed by atoms with Crippen molar-refractivity contribution in [3.8, 4) is 0 Å². The van der Waals surface area contributed by atoms with Gasteiger partial charge in [-0.05, 0) is 19.1 Å². The van der Waals surface area contributed by atoms with E-state index in [1.807, 2.05) is 0 Å². The Kier molecular flexibility index (Phi) is 3.10. The summed E-state index contributed by atoms with van der Waals surface area (Å²) in [6.45, 7) is 1.17. The van der Waals surface area contributed by atoms with Crippen molar-refractivity contribution >= 4 is 16.0 Å². The second kappa shape index (κ2) is 3.95. The number of anilines is 1. The number of hydrogen-bond donors (Lipinski definition) is 2. The fourth-order valence-electron chi connectivity index (χ4n) is 1.05. The Balaban J connectivity index is 3.15. The molecule has 1 aromatic carbocycles. The van der Waals surface area contributed by atoms with E-state index in [1.54, 1.807) is 18.2 Å². The van der Waals surface area contributed by atoms with Gasteiger partial charge in [0, 0.05) is 0 Å². The van der Waals surface area contributed by atoms with Gasteiger partial charge in [-0.1, -0.05) is 18.2 Å². The summed E-state index contributed by atoms with van der Waals surface area (Å²) in [5.74, 6) is 0. The maximum absolute atomic E-state index is 10.9. The van der Waals surface area contributed by atoms with Crippen LogP contribution in [0.25, 0.3) is 0 Å². The van der Waals surface area contributed by atoms with E-state index in [2.05, 4.69) is 0 Å². The lowest BCUT2D eigenvalue weighted by Gasteiger charge is -2.21. The van der Waals surface area contributed by atoms with Crippen molar-refractivity contribution in [3.05, 3.63) is 36.6 Å². The van der Waals surface area contributed by atoms with E-state index in [9.17, 15) is 8.42 Å². The van der Waals surface area contributed by atoms with Crippen molar-refractivity contribution in [2.45, 2.75) is 6.92 Å². The third kappa shape index (κ3) is 2.44. The van der Waals surface area contributed by atoms with Gasteiger partial charge in [0.05, 0.1) is 5.69 Å². The standard InChI is InChI=1S/C8H10NO4S/c1-7(10)9(14(11,12)13)8-5-3-2-4-6-8/h2-6,10H,1H3,(H,11,12,13). The molecular formula is C8H10NO4S. The van der Waals surface area contributed by atoms with Crippen molar-refractivity contribution in [2.24, 2.45) is 0 Å². The van der Waals surface area contributed by atoms with Crippen LogP contribution < -0.4 is 4.31 Å². The number of aliphatic hydroxyl groups excluding tert-OH is 1. The highest BCUT2D eigenvalue weighted by atomic mass is 32.2. The number of hydrogen-bond acceptors (Lipinski definition) is 3. The Hall–Kier alpha value is -1.11. The van der Waals surface area contributed by atoms with Crippen molar-refractivity contribution in [1.29, 1.82) is 0 Å². The number of para-hydroxylation sites is 1. The minimum atomic E-state index is -4.47. The van der Waals surface area contributed by atoms with Gasteiger partial charge in [0.1, 0.15) is 0 Å². The van der Waals surface area contributed by atoms with Gasteiger partial charge in [-0.15, -0.1) is 0 Å². The molecule has 5 nitrogen and oxygen atoms in total. The van der Waals surface area contributed by atoms with Crippen LogP contribution in [0.3, 0.4) is 0 Å². The van der Waals surface area contributed by atoms with Crippen molar-refractivity contribution < 1.29 is 18.1 Å². The summed E-state index contributed by atoms with van der Waals surface area (Å²) in [5, 5.41) is 9.10. The smallest absolute Gasteiger partial charge is 0.362 e. The van der Waals surface area contributed by atoms with Crippen molar-refractivity contribution in [2.75, 3.05) is 4.31 Å². The molecule has 1 radical (unpaired) electrons. The summed E-state index contributed by atoms with van der Waals surface area (Å²) in [4.78, 5) is 0. The summed E-state index contributed by atoms with van der Waals surface area (Å²) < 4.78 is 31.0. The van der Waals surface area contributed by atoms with E-state index in [1.165, 1.54) is 19.1 Å². The van der Waals surface area contributed by atoms with Crippen LogP contribution in [0, 0.1) is 6.23 Å². The van der Waals surface area contributed by atoms with Crippen LogP contribution >= 0.6 is 0 Å². The molecule has 1 rings (SSSR count). The molecule has 0 saturated carbocycles. The Morgan fingerprint density at radius 2 is 1.79 bits per heavy atom. The summed E-state index contributed by atoms with van der Waals surface area (Å²) in [7, 11) is -4.47. The first-order chi connectivity index (χ1) is 6.43. The van der Waals surface area contributed by atoms with E-state index in [-0.39, 0.29) is 5.69 Å². The largest absolute Gasteiger partial charge is 0.366 e.